The largest absolute Gasteiger partial charge is 0.385 e. The molecule has 0 aromatic heterocycles. The van der Waals surface area contributed by atoms with Crippen LogP contribution in [-0.2, 0) is 14.3 Å². The zero-order valence-electron chi connectivity index (χ0n) is 15.2. The Morgan fingerprint density at radius 3 is 2.56 bits per heavy atom. The number of likely N-dealkylation sites (tertiary alicyclic amines) is 1. The van der Waals surface area contributed by atoms with Crippen molar-refractivity contribution >= 4 is 11.8 Å². The summed E-state index contributed by atoms with van der Waals surface area (Å²) in [4.78, 5) is 28.9. The standard InChI is InChI=1S/C19H29N3O3/c1-21(15-17(23)20-11-8-14-25-2)18(16-9-4-3-5-10-16)19(24)22-12-6-7-13-22/h3-5,9-10,18H,6-8,11-15H2,1-2H3,(H,20,23). The zero-order chi connectivity index (χ0) is 18.1. The van der Waals surface area contributed by atoms with Gasteiger partial charge in [0.2, 0.25) is 11.8 Å². The molecule has 0 spiro atoms. The van der Waals surface area contributed by atoms with Gasteiger partial charge in [0.25, 0.3) is 0 Å². The van der Waals surface area contributed by atoms with E-state index in [1.165, 1.54) is 0 Å². The molecule has 0 bridgehead atoms. The third-order valence-electron chi connectivity index (χ3n) is 4.45. The minimum Gasteiger partial charge on any atom is -0.385 e. The van der Waals surface area contributed by atoms with Crippen LogP contribution >= 0.6 is 0 Å². The van der Waals surface area contributed by atoms with Crippen molar-refractivity contribution in [3.63, 3.8) is 0 Å². The second-order valence-corrected chi connectivity index (χ2v) is 6.46. The van der Waals surface area contributed by atoms with E-state index in [1.807, 2.05) is 47.2 Å². The maximum Gasteiger partial charge on any atom is 0.244 e. The van der Waals surface area contributed by atoms with E-state index < -0.39 is 6.04 Å². The molecule has 1 N–H and O–H groups in total. The van der Waals surface area contributed by atoms with Crippen molar-refractivity contribution in [2.75, 3.05) is 46.9 Å². The van der Waals surface area contributed by atoms with Gasteiger partial charge >= 0.3 is 0 Å². The minimum absolute atomic E-state index is 0.0752. The highest BCUT2D eigenvalue weighted by Gasteiger charge is 2.31. The van der Waals surface area contributed by atoms with Crippen molar-refractivity contribution in [1.82, 2.24) is 15.1 Å². The first kappa shape index (κ1) is 19.4. The number of ether oxygens (including phenoxy) is 1. The predicted octanol–water partition coefficient (Wildman–Crippen LogP) is 1.43. The number of amides is 2. The lowest BCUT2D eigenvalue weighted by atomic mass is 10.0. The molecular formula is C19H29N3O3. The summed E-state index contributed by atoms with van der Waals surface area (Å²) in [5, 5.41) is 2.88. The second kappa shape index (κ2) is 10.2. The van der Waals surface area contributed by atoms with Gasteiger partial charge in [-0.3, -0.25) is 14.5 Å². The van der Waals surface area contributed by atoms with Gasteiger partial charge < -0.3 is 15.0 Å². The zero-order valence-corrected chi connectivity index (χ0v) is 15.2. The summed E-state index contributed by atoms with van der Waals surface area (Å²) >= 11 is 0. The van der Waals surface area contributed by atoms with Crippen molar-refractivity contribution in [2.24, 2.45) is 0 Å². The quantitative estimate of drug-likeness (QED) is 0.687. The summed E-state index contributed by atoms with van der Waals surface area (Å²) in [6.45, 7) is 3.00. The molecule has 0 saturated carbocycles. The highest BCUT2D eigenvalue weighted by molar-refractivity contribution is 5.85. The van der Waals surface area contributed by atoms with Gasteiger partial charge in [0.15, 0.2) is 0 Å². The van der Waals surface area contributed by atoms with Crippen molar-refractivity contribution in [3.05, 3.63) is 35.9 Å². The van der Waals surface area contributed by atoms with Gasteiger partial charge in [0.1, 0.15) is 6.04 Å². The molecule has 1 aromatic rings. The first-order valence-electron chi connectivity index (χ1n) is 8.93. The molecule has 1 heterocycles. The topological polar surface area (TPSA) is 61.9 Å². The Balaban J connectivity index is 2.01. The van der Waals surface area contributed by atoms with Crippen LogP contribution < -0.4 is 5.32 Å². The number of methoxy groups -OCH3 is 1. The van der Waals surface area contributed by atoms with Gasteiger partial charge in [-0.15, -0.1) is 0 Å². The summed E-state index contributed by atoms with van der Waals surface area (Å²) in [5.74, 6) is 0.00661. The van der Waals surface area contributed by atoms with Gasteiger partial charge in [-0.1, -0.05) is 30.3 Å². The van der Waals surface area contributed by atoms with Crippen LogP contribution in [0.5, 0.6) is 0 Å². The number of carbonyl (C=O) groups excluding carboxylic acids is 2. The maximum atomic E-state index is 13.0. The van der Waals surface area contributed by atoms with E-state index in [0.29, 0.717) is 13.2 Å². The molecule has 25 heavy (non-hydrogen) atoms. The molecule has 6 nitrogen and oxygen atoms in total. The number of rotatable bonds is 9. The van der Waals surface area contributed by atoms with Crippen LogP contribution in [0.15, 0.2) is 30.3 Å². The van der Waals surface area contributed by atoms with Crippen LogP contribution in [0.25, 0.3) is 0 Å². The number of likely N-dealkylation sites (N-methyl/N-ethyl adjacent to an activating group) is 1. The molecule has 2 rings (SSSR count). The van der Waals surface area contributed by atoms with Gasteiger partial charge in [0.05, 0.1) is 6.54 Å². The number of nitrogens with one attached hydrogen (secondary N) is 1. The number of hydrogen-bond donors (Lipinski definition) is 1. The lowest BCUT2D eigenvalue weighted by Crippen LogP contribution is -2.44. The highest BCUT2D eigenvalue weighted by Crippen LogP contribution is 2.24. The van der Waals surface area contributed by atoms with E-state index in [2.05, 4.69) is 5.32 Å². The normalized spacial score (nSPS) is 15.4. The van der Waals surface area contributed by atoms with Crippen LogP contribution in [0.4, 0.5) is 0 Å². The first-order chi connectivity index (χ1) is 12.1. The highest BCUT2D eigenvalue weighted by atomic mass is 16.5. The van der Waals surface area contributed by atoms with Crippen LogP contribution in [0.3, 0.4) is 0 Å². The Kier molecular flexibility index (Phi) is 7.88. The Labute approximate surface area is 150 Å². The van der Waals surface area contributed by atoms with E-state index in [4.69, 9.17) is 4.74 Å². The predicted molar refractivity (Wildman–Crippen MR) is 97.1 cm³/mol. The minimum atomic E-state index is -0.427. The number of carbonyl (C=O) groups is 2. The van der Waals surface area contributed by atoms with Gasteiger partial charge in [0, 0.05) is 33.4 Å². The van der Waals surface area contributed by atoms with E-state index in [9.17, 15) is 9.59 Å². The van der Waals surface area contributed by atoms with Gasteiger partial charge in [-0.25, -0.2) is 0 Å². The molecular weight excluding hydrogens is 318 g/mol. The first-order valence-corrected chi connectivity index (χ1v) is 8.93. The van der Waals surface area contributed by atoms with Crippen molar-refractivity contribution in [2.45, 2.75) is 25.3 Å². The molecule has 1 aliphatic rings. The number of benzene rings is 1. The van der Waals surface area contributed by atoms with E-state index >= 15 is 0 Å². The average molecular weight is 347 g/mol. The molecule has 2 amide bonds. The molecule has 1 aliphatic heterocycles. The third kappa shape index (κ3) is 5.83. The second-order valence-electron chi connectivity index (χ2n) is 6.46. The van der Waals surface area contributed by atoms with Crippen LogP contribution in [0, 0.1) is 0 Å². The molecule has 6 heteroatoms. The van der Waals surface area contributed by atoms with Crippen molar-refractivity contribution in [3.8, 4) is 0 Å². The smallest absolute Gasteiger partial charge is 0.244 e. The van der Waals surface area contributed by atoms with E-state index in [1.54, 1.807) is 7.11 Å². The van der Waals surface area contributed by atoms with Crippen LogP contribution in [-0.4, -0.2) is 68.6 Å². The molecule has 1 unspecified atom stereocenters. The SMILES string of the molecule is COCCCNC(=O)CN(C)C(C(=O)N1CCCC1)c1ccccc1. The number of hydrogen-bond acceptors (Lipinski definition) is 4. The Morgan fingerprint density at radius 2 is 1.92 bits per heavy atom. The Hall–Kier alpha value is -1.92. The molecule has 0 aliphatic carbocycles. The molecule has 1 fully saturated rings. The lowest BCUT2D eigenvalue weighted by molar-refractivity contribution is -0.136. The van der Waals surface area contributed by atoms with E-state index in [-0.39, 0.29) is 18.4 Å². The summed E-state index contributed by atoms with van der Waals surface area (Å²) in [7, 11) is 3.48. The molecule has 1 atom stereocenters. The molecule has 1 aromatic carbocycles. The Morgan fingerprint density at radius 1 is 1.24 bits per heavy atom. The fourth-order valence-electron chi connectivity index (χ4n) is 3.15. The summed E-state index contributed by atoms with van der Waals surface area (Å²) in [6.07, 6.45) is 2.88. The van der Waals surface area contributed by atoms with Gasteiger partial charge in [-0.2, -0.15) is 0 Å². The third-order valence-corrected chi connectivity index (χ3v) is 4.45. The van der Waals surface area contributed by atoms with Crippen molar-refractivity contribution in [1.29, 1.82) is 0 Å². The lowest BCUT2D eigenvalue weighted by Gasteiger charge is -2.30. The van der Waals surface area contributed by atoms with Crippen LogP contribution in [0.2, 0.25) is 0 Å². The fraction of sp³-hybridized carbons (Fsp3) is 0.579. The maximum absolute atomic E-state index is 13.0. The number of nitrogens with zero attached hydrogens (tertiary/aromatic N) is 2. The van der Waals surface area contributed by atoms with Crippen molar-refractivity contribution < 1.29 is 14.3 Å². The summed E-state index contributed by atoms with van der Waals surface area (Å²) < 4.78 is 4.98. The Bertz CT molecular complexity index is 544. The fourth-order valence-corrected chi connectivity index (χ4v) is 3.15. The average Bonchev–Trinajstić information content (AvgIpc) is 3.14. The van der Waals surface area contributed by atoms with Gasteiger partial charge in [-0.05, 0) is 31.9 Å². The summed E-state index contributed by atoms with van der Waals surface area (Å²) in [6, 6.07) is 9.26. The van der Waals surface area contributed by atoms with Crippen LogP contribution in [0.1, 0.15) is 30.9 Å². The van der Waals surface area contributed by atoms with E-state index in [0.717, 1.165) is 37.9 Å². The molecule has 138 valence electrons. The summed E-state index contributed by atoms with van der Waals surface area (Å²) in [5.41, 5.74) is 0.925. The molecule has 0 radical (unpaired) electrons. The molecule has 1 saturated heterocycles. The monoisotopic (exact) mass is 347 g/mol.